The monoisotopic (exact) mass is 294 g/mol. The van der Waals surface area contributed by atoms with Gasteiger partial charge in [-0.15, -0.1) is 0 Å². The van der Waals surface area contributed by atoms with Gasteiger partial charge in [0.25, 0.3) is 5.91 Å². The van der Waals surface area contributed by atoms with E-state index >= 15 is 0 Å². The number of nitrogens with zero attached hydrogens (tertiary/aromatic N) is 2. The number of aromatic nitrogens is 2. The first kappa shape index (κ1) is 14.2. The minimum absolute atomic E-state index is 0.0415. The number of nitrogens with two attached hydrogens (primary N) is 1. The third-order valence-corrected chi connectivity index (χ3v) is 3.60. The van der Waals surface area contributed by atoms with Crippen LogP contribution in [0.3, 0.4) is 0 Å². The van der Waals surface area contributed by atoms with Gasteiger partial charge >= 0.3 is 0 Å². The zero-order chi connectivity index (χ0) is 14.8. The van der Waals surface area contributed by atoms with E-state index in [1.54, 1.807) is 25.4 Å². The van der Waals surface area contributed by atoms with Gasteiger partial charge in [-0.05, 0) is 17.7 Å². The molecule has 8 heteroatoms. The summed E-state index contributed by atoms with van der Waals surface area (Å²) in [6.45, 7) is 0.290. The second kappa shape index (κ2) is 5.43. The van der Waals surface area contributed by atoms with Crippen LogP contribution in [0, 0.1) is 0 Å². The SMILES string of the molecule is Cn1cc(C(=O)NCc2ccc(S(N)(=O)=O)cc2)cn1. The molecule has 0 bridgehead atoms. The lowest BCUT2D eigenvalue weighted by atomic mass is 10.2. The van der Waals surface area contributed by atoms with Crippen molar-refractivity contribution in [3.63, 3.8) is 0 Å². The van der Waals surface area contributed by atoms with Crippen molar-refractivity contribution in [3.8, 4) is 0 Å². The van der Waals surface area contributed by atoms with E-state index < -0.39 is 10.0 Å². The molecule has 7 nitrogen and oxygen atoms in total. The Hall–Kier alpha value is -2.19. The highest BCUT2D eigenvalue weighted by molar-refractivity contribution is 7.89. The molecule has 20 heavy (non-hydrogen) atoms. The van der Waals surface area contributed by atoms with Gasteiger partial charge in [0.05, 0.1) is 16.7 Å². The van der Waals surface area contributed by atoms with Crippen LogP contribution in [0.5, 0.6) is 0 Å². The molecule has 0 spiro atoms. The van der Waals surface area contributed by atoms with Crippen LogP contribution >= 0.6 is 0 Å². The van der Waals surface area contributed by atoms with Gasteiger partial charge in [0.1, 0.15) is 0 Å². The molecular weight excluding hydrogens is 280 g/mol. The van der Waals surface area contributed by atoms with Gasteiger partial charge in [0.2, 0.25) is 10.0 Å². The summed E-state index contributed by atoms with van der Waals surface area (Å²) in [5.74, 6) is -0.242. The molecule has 1 heterocycles. The zero-order valence-corrected chi connectivity index (χ0v) is 11.6. The number of rotatable bonds is 4. The molecule has 106 valence electrons. The van der Waals surface area contributed by atoms with Crippen LogP contribution in [-0.2, 0) is 23.6 Å². The van der Waals surface area contributed by atoms with Crippen molar-refractivity contribution in [3.05, 3.63) is 47.8 Å². The van der Waals surface area contributed by atoms with Crippen LogP contribution < -0.4 is 10.5 Å². The highest BCUT2D eigenvalue weighted by Gasteiger charge is 2.09. The molecule has 1 aromatic heterocycles. The van der Waals surface area contributed by atoms with Crippen LogP contribution in [0.2, 0.25) is 0 Å². The number of carbonyl (C=O) groups excluding carboxylic acids is 1. The predicted octanol–water partition coefficient (Wildman–Crippen LogP) is -0.00250. The van der Waals surface area contributed by atoms with E-state index in [9.17, 15) is 13.2 Å². The first-order valence-electron chi connectivity index (χ1n) is 5.75. The molecule has 0 saturated carbocycles. The molecule has 0 saturated heterocycles. The lowest BCUT2D eigenvalue weighted by molar-refractivity contribution is 0.0951. The minimum Gasteiger partial charge on any atom is -0.348 e. The summed E-state index contributed by atoms with van der Waals surface area (Å²) in [4.78, 5) is 11.8. The first-order valence-corrected chi connectivity index (χ1v) is 7.29. The van der Waals surface area contributed by atoms with Crippen LogP contribution in [0.4, 0.5) is 0 Å². The summed E-state index contributed by atoms with van der Waals surface area (Å²) in [6.07, 6.45) is 3.08. The second-order valence-electron chi connectivity index (χ2n) is 4.27. The number of aryl methyl sites for hydroxylation is 1. The maximum absolute atomic E-state index is 11.8. The third-order valence-electron chi connectivity index (χ3n) is 2.67. The van der Waals surface area contributed by atoms with Gasteiger partial charge < -0.3 is 5.32 Å². The number of hydrogen-bond acceptors (Lipinski definition) is 4. The maximum Gasteiger partial charge on any atom is 0.254 e. The highest BCUT2D eigenvalue weighted by atomic mass is 32.2. The van der Waals surface area contributed by atoms with E-state index in [2.05, 4.69) is 10.4 Å². The number of benzene rings is 1. The predicted molar refractivity (Wildman–Crippen MR) is 72.2 cm³/mol. The molecule has 2 rings (SSSR count). The molecule has 2 aromatic rings. The van der Waals surface area contributed by atoms with Crippen molar-refractivity contribution in [2.24, 2.45) is 12.2 Å². The molecule has 0 aliphatic heterocycles. The number of amides is 1. The summed E-state index contributed by atoms with van der Waals surface area (Å²) in [5, 5.41) is 11.6. The first-order chi connectivity index (χ1) is 9.36. The molecule has 1 amide bonds. The van der Waals surface area contributed by atoms with Crippen molar-refractivity contribution in [2.75, 3.05) is 0 Å². The van der Waals surface area contributed by atoms with Gasteiger partial charge in [-0.1, -0.05) is 12.1 Å². The molecule has 0 unspecified atom stereocenters. The smallest absolute Gasteiger partial charge is 0.254 e. The van der Waals surface area contributed by atoms with E-state index in [4.69, 9.17) is 5.14 Å². The van der Waals surface area contributed by atoms with Gasteiger partial charge in [-0.2, -0.15) is 5.10 Å². The Labute approximate surface area is 116 Å². The van der Waals surface area contributed by atoms with Crippen molar-refractivity contribution in [2.45, 2.75) is 11.4 Å². The quantitative estimate of drug-likeness (QED) is 0.827. The number of carbonyl (C=O) groups is 1. The fraction of sp³-hybridized carbons (Fsp3) is 0.167. The highest BCUT2D eigenvalue weighted by Crippen LogP contribution is 2.08. The Balaban J connectivity index is 1.99. The lowest BCUT2D eigenvalue weighted by Gasteiger charge is -2.04. The van der Waals surface area contributed by atoms with E-state index in [1.165, 1.54) is 23.0 Å². The van der Waals surface area contributed by atoms with E-state index in [0.717, 1.165) is 5.56 Å². The molecule has 1 aromatic carbocycles. The van der Waals surface area contributed by atoms with Gasteiger partial charge in [-0.25, -0.2) is 13.6 Å². The number of hydrogen-bond donors (Lipinski definition) is 2. The fourth-order valence-corrected chi connectivity index (χ4v) is 2.14. The molecule has 0 radical (unpaired) electrons. The molecule has 0 aliphatic carbocycles. The van der Waals surface area contributed by atoms with Crippen molar-refractivity contribution in [1.82, 2.24) is 15.1 Å². The van der Waals surface area contributed by atoms with Crippen LogP contribution in [0.1, 0.15) is 15.9 Å². The number of sulfonamides is 1. The van der Waals surface area contributed by atoms with E-state index in [1.807, 2.05) is 0 Å². The minimum atomic E-state index is -3.69. The number of primary sulfonamides is 1. The Kier molecular flexibility index (Phi) is 3.86. The average molecular weight is 294 g/mol. The van der Waals surface area contributed by atoms with E-state index in [-0.39, 0.29) is 10.8 Å². The molecule has 0 fully saturated rings. The molecule has 0 atom stereocenters. The second-order valence-corrected chi connectivity index (χ2v) is 5.84. The largest absolute Gasteiger partial charge is 0.348 e. The summed E-state index contributed by atoms with van der Waals surface area (Å²) in [6, 6.07) is 6.01. The summed E-state index contributed by atoms with van der Waals surface area (Å²) < 4.78 is 23.7. The van der Waals surface area contributed by atoms with Gasteiger partial charge in [0, 0.05) is 19.8 Å². The van der Waals surface area contributed by atoms with E-state index in [0.29, 0.717) is 12.1 Å². The fourth-order valence-electron chi connectivity index (χ4n) is 1.62. The maximum atomic E-state index is 11.8. The average Bonchev–Trinajstić information content (AvgIpc) is 2.82. The standard InChI is InChI=1S/C12H14N4O3S/c1-16-8-10(7-15-16)12(17)14-6-9-2-4-11(5-3-9)20(13,18)19/h2-5,7-8H,6H2,1H3,(H,14,17)(H2,13,18,19). The Morgan fingerprint density at radius 3 is 2.50 bits per heavy atom. The molecule has 0 aliphatic rings. The Morgan fingerprint density at radius 2 is 2.00 bits per heavy atom. The molecular formula is C12H14N4O3S. The Morgan fingerprint density at radius 1 is 1.35 bits per heavy atom. The van der Waals surface area contributed by atoms with Gasteiger partial charge in [-0.3, -0.25) is 9.48 Å². The van der Waals surface area contributed by atoms with Crippen molar-refractivity contribution >= 4 is 15.9 Å². The van der Waals surface area contributed by atoms with Crippen LogP contribution in [-0.4, -0.2) is 24.1 Å². The van der Waals surface area contributed by atoms with Crippen LogP contribution in [0.15, 0.2) is 41.6 Å². The summed E-state index contributed by atoms with van der Waals surface area (Å²) in [7, 11) is -1.96. The summed E-state index contributed by atoms with van der Waals surface area (Å²) in [5.41, 5.74) is 1.24. The zero-order valence-electron chi connectivity index (χ0n) is 10.8. The van der Waals surface area contributed by atoms with Crippen molar-refractivity contribution < 1.29 is 13.2 Å². The normalized spacial score (nSPS) is 11.3. The van der Waals surface area contributed by atoms with Crippen LogP contribution in [0.25, 0.3) is 0 Å². The van der Waals surface area contributed by atoms with Gasteiger partial charge in [0.15, 0.2) is 0 Å². The Bertz CT molecular complexity index is 719. The molecule has 3 N–H and O–H groups in total. The number of nitrogens with one attached hydrogen (secondary N) is 1. The summed E-state index contributed by atoms with van der Waals surface area (Å²) >= 11 is 0. The van der Waals surface area contributed by atoms with Crippen molar-refractivity contribution in [1.29, 1.82) is 0 Å². The third kappa shape index (κ3) is 3.43. The topological polar surface area (TPSA) is 107 Å². The lowest BCUT2D eigenvalue weighted by Crippen LogP contribution is -2.22.